The highest BCUT2D eigenvalue weighted by Crippen LogP contribution is 2.19. The van der Waals surface area contributed by atoms with Crippen LogP contribution in [-0.4, -0.2) is 17.6 Å². The molecule has 5 nitrogen and oxygen atoms in total. The molecule has 1 amide bonds. The molecule has 0 unspecified atom stereocenters. The average molecular weight is 227 g/mol. The predicted molar refractivity (Wildman–Crippen MR) is 59.9 cm³/mol. The van der Waals surface area contributed by atoms with Gasteiger partial charge in [0, 0.05) is 11.6 Å². The molecule has 1 N–H and O–H groups in total. The van der Waals surface area contributed by atoms with E-state index in [-0.39, 0.29) is 12.2 Å². The molecular formula is C12H9N3O2. The quantitative estimate of drug-likeness (QED) is 0.807. The van der Waals surface area contributed by atoms with Crippen molar-refractivity contribution in [1.82, 2.24) is 10.5 Å². The smallest absolute Gasteiger partial charge is 0.274 e. The fraction of sp³-hybridized carbons (Fsp3) is 0.0833. The van der Waals surface area contributed by atoms with Gasteiger partial charge in [0.05, 0.1) is 6.07 Å². The van der Waals surface area contributed by atoms with Gasteiger partial charge < -0.3 is 9.84 Å². The minimum Gasteiger partial charge on any atom is -0.355 e. The Balaban J connectivity index is 2.17. The first-order chi connectivity index (χ1) is 8.31. The monoisotopic (exact) mass is 227 g/mol. The molecule has 0 fully saturated rings. The zero-order valence-corrected chi connectivity index (χ0v) is 8.88. The van der Waals surface area contributed by atoms with E-state index in [1.807, 2.05) is 36.4 Å². The highest BCUT2D eigenvalue weighted by atomic mass is 16.5. The summed E-state index contributed by atoms with van der Waals surface area (Å²) < 4.78 is 5.06. The van der Waals surface area contributed by atoms with Crippen molar-refractivity contribution in [2.24, 2.45) is 0 Å². The number of aromatic nitrogens is 1. The second-order valence-corrected chi connectivity index (χ2v) is 3.28. The van der Waals surface area contributed by atoms with Crippen molar-refractivity contribution in [3.8, 4) is 17.4 Å². The first-order valence-corrected chi connectivity index (χ1v) is 4.98. The molecule has 5 heteroatoms. The summed E-state index contributed by atoms with van der Waals surface area (Å²) in [5.41, 5.74) is 1.01. The van der Waals surface area contributed by atoms with Gasteiger partial charge in [-0.1, -0.05) is 35.5 Å². The lowest BCUT2D eigenvalue weighted by Crippen LogP contribution is -2.23. The molecule has 2 aromatic rings. The predicted octanol–water partition coefficient (Wildman–Crippen LogP) is 1.59. The van der Waals surface area contributed by atoms with Gasteiger partial charge in [-0.2, -0.15) is 5.26 Å². The van der Waals surface area contributed by atoms with Gasteiger partial charge in [0.15, 0.2) is 11.5 Å². The highest BCUT2D eigenvalue weighted by Gasteiger charge is 2.12. The Labute approximate surface area is 97.7 Å². The number of rotatable bonds is 3. The molecule has 0 atom stereocenters. The average Bonchev–Trinajstić information content (AvgIpc) is 2.86. The normalized spacial score (nSPS) is 9.59. The van der Waals surface area contributed by atoms with Crippen LogP contribution in [0.3, 0.4) is 0 Å². The summed E-state index contributed by atoms with van der Waals surface area (Å²) in [4.78, 5) is 11.5. The third-order valence-electron chi connectivity index (χ3n) is 2.13. The van der Waals surface area contributed by atoms with Crippen LogP contribution in [0.1, 0.15) is 10.5 Å². The van der Waals surface area contributed by atoms with Crippen LogP contribution in [0, 0.1) is 11.3 Å². The number of nitrogens with one attached hydrogen (secondary N) is 1. The summed E-state index contributed by atoms with van der Waals surface area (Å²) in [5, 5.41) is 14.4. The third-order valence-corrected chi connectivity index (χ3v) is 2.13. The van der Waals surface area contributed by atoms with Crippen LogP contribution in [0.15, 0.2) is 40.9 Å². The molecule has 1 aromatic heterocycles. The third kappa shape index (κ3) is 2.49. The van der Waals surface area contributed by atoms with E-state index in [4.69, 9.17) is 9.78 Å². The zero-order chi connectivity index (χ0) is 12.1. The number of hydrogen-bond donors (Lipinski definition) is 1. The van der Waals surface area contributed by atoms with Crippen molar-refractivity contribution in [2.75, 3.05) is 6.54 Å². The standard InChI is InChI=1S/C12H9N3O2/c13-6-7-14-12(16)10-8-11(17-15-10)9-4-2-1-3-5-9/h1-5,8H,7H2,(H,14,16). The van der Waals surface area contributed by atoms with E-state index in [0.717, 1.165) is 5.56 Å². The summed E-state index contributed by atoms with van der Waals surface area (Å²) >= 11 is 0. The van der Waals surface area contributed by atoms with Crippen LogP contribution in [0.5, 0.6) is 0 Å². The maximum atomic E-state index is 11.5. The summed E-state index contributed by atoms with van der Waals surface area (Å²) in [6.45, 7) is -0.0492. The first-order valence-electron chi connectivity index (χ1n) is 4.98. The van der Waals surface area contributed by atoms with Crippen molar-refractivity contribution in [3.05, 3.63) is 42.1 Å². The van der Waals surface area contributed by atoms with Crippen molar-refractivity contribution in [1.29, 1.82) is 5.26 Å². The lowest BCUT2D eigenvalue weighted by molar-refractivity contribution is 0.0949. The molecule has 0 aliphatic heterocycles. The van der Waals surface area contributed by atoms with E-state index in [2.05, 4.69) is 10.5 Å². The second-order valence-electron chi connectivity index (χ2n) is 3.28. The Kier molecular flexibility index (Phi) is 3.17. The van der Waals surface area contributed by atoms with E-state index in [9.17, 15) is 4.79 Å². The Morgan fingerprint density at radius 1 is 1.41 bits per heavy atom. The van der Waals surface area contributed by atoms with Crippen LogP contribution < -0.4 is 5.32 Å². The fourth-order valence-corrected chi connectivity index (χ4v) is 1.33. The van der Waals surface area contributed by atoms with Gasteiger partial charge >= 0.3 is 0 Å². The number of nitriles is 1. The molecule has 0 bridgehead atoms. The number of amides is 1. The van der Waals surface area contributed by atoms with Gasteiger partial charge in [0.25, 0.3) is 5.91 Å². The van der Waals surface area contributed by atoms with Crippen LogP contribution in [0.25, 0.3) is 11.3 Å². The van der Waals surface area contributed by atoms with E-state index >= 15 is 0 Å². The molecule has 2 rings (SSSR count). The molecule has 0 aliphatic rings. The van der Waals surface area contributed by atoms with Gasteiger partial charge in [-0.3, -0.25) is 4.79 Å². The van der Waals surface area contributed by atoms with E-state index < -0.39 is 5.91 Å². The number of hydrogen-bond acceptors (Lipinski definition) is 4. The van der Waals surface area contributed by atoms with Gasteiger partial charge in [0.2, 0.25) is 0 Å². The van der Waals surface area contributed by atoms with Crippen molar-refractivity contribution >= 4 is 5.91 Å². The van der Waals surface area contributed by atoms with Crippen LogP contribution in [0.4, 0.5) is 0 Å². The fourth-order valence-electron chi connectivity index (χ4n) is 1.33. The molecule has 1 aromatic carbocycles. The minimum absolute atomic E-state index is 0.0492. The molecule has 0 aliphatic carbocycles. The SMILES string of the molecule is N#CCNC(=O)c1cc(-c2ccccc2)on1. The molecule has 0 radical (unpaired) electrons. The Bertz CT molecular complexity index is 555. The second kappa shape index (κ2) is 4.94. The molecule has 0 spiro atoms. The molecule has 17 heavy (non-hydrogen) atoms. The Hall–Kier alpha value is -2.61. The number of benzene rings is 1. The van der Waals surface area contributed by atoms with Crippen molar-refractivity contribution in [2.45, 2.75) is 0 Å². The lowest BCUT2D eigenvalue weighted by atomic mass is 10.1. The summed E-state index contributed by atoms with van der Waals surface area (Å²) in [5.74, 6) is 0.102. The van der Waals surface area contributed by atoms with Gasteiger partial charge in [-0.05, 0) is 0 Å². The molecule has 1 heterocycles. The summed E-state index contributed by atoms with van der Waals surface area (Å²) in [7, 11) is 0. The van der Waals surface area contributed by atoms with Gasteiger partial charge in [-0.25, -0.2) is 0 Å². The Morgan fingerprint density at radius 3 is 2.88 bits per heavy atom. The maximum Gasteiger partial charge on any atom is 0.274 e. The number of carbonyl (C=O) groups excluding carboxylic acids is 1. The molecule has 84 valence electrons. The summed E-state index contributed by atoms with van der Waals surface area (Å²) in [6.07, 6.45) is 0. The molecular weight excluding hydrogens is 218 g/mol. The van der Waals surface area contributed by atoms with E-state index in [1.165, 1.54) is 0 Å². The van der Waals surface area contributed by atoms with Crippen LogP contribution >= 0.6 is 0 Å². The maximum absolute atomic E-state index is 11.5. The minimum atomic E-state index is -0.419. The summed E-state index contributed by atoms with van der Waals surface area (Å²) in [6, 6.07) is 12.7. The van der Waals surface area contributed by atoms with E-state index in [0.29, 0.717) is 5.76 Å². The number of nitrogens with zero attached hydrogens (tertiary/aromatic N) is 2. The van der Waals surface area contributed by atoms with E-state index in [1.54, 1.807) is 6.07 Å². The molecule has 0 saturated heterocycles. The van der Waals surface area contributed by atoms with Crippen LogP contribution in [0.2, 0.25) is 0 Å². The van der Waals surface area contributed by atoms with Crippen molar-refractivity contribution in [3.63, 3.8) is 0 Å². The largest absolute Gasteiger partial charge is 0.355 e. The zero-order valence-electron chi connectivity index (χ0n) is 8.88. The van der Waals surface area contributed by atoms with Crippen LogP contribution in [-0.2, 0) is 0 Å². The Morgan fingerprint density at radius 2 is 2.18 bits per heavy atom. The lowest BCUT2D eigenvalue weighted by Gasteiger charge is -1.93. The van der Waals surface area contributed by atoms with Gasteiger partial charge in [0.1, 0.15) is 6.54 Å². The van der Waals surface area contributed by atoms with Crippen molar-refractivity contribution < 1.29 is 9.32 Å². The molecule has 0 saturated carbocycles. The topological polar surface area (TPSA) is 78.9 Å². The first kappa shape index (κ1) is 10.9. The van der Waals surface area contributed by atoms with Gasteiger partial charge in [-0.15, -0.1) is 0 Å². The number of carbonyl (C=O) groups is 1. The highest BCUT2D eigenvalue weighted by molar-refractivity contribution is 5.93.